The summed E-state index contributed by atoms with van der Waals surface area (Å²) in [7, 11) is 2.11. The van der Waals surface area contributed by atoms with Crippen LogP contribution in [0, 0.1) is 0 Å². The Morgan fingerprint density at radius 2 is 1.90 bits per heavy atom. The lowest BCUT2D eigenvalue weighted by atomic mass is 9.92. The van der Waals surface area contributed by atoms with Crippen LogP contribution in [0.4, 0.5) is 0 Å². The number of likely N-dealkylation sites (N-methyl/N-ethyl adjacent to an activating group) is 1. The van der Waals surface area contributed by atoms with E-state index in [1.165, 1.54) is 12.8 Å². The van der Waals surface area contributed by atoms with E-state index in [1.807, 2.05) is 30.3 Å². The first-order chi connectivity index (χ1) is 10.1. The summed E-state index contributed by atoms with van der Waals surface area (Å²) in [5.41, 5.74) is 5.82. The monoisotopic (exact) mass is 291 g/mol. The van der Waals surface area contributed by atoms with E-state index in [1.54, 1.807) is 0 Å². The summed E-state index contributed by atoms with van der Waals surface area (Å²) in [6.45, 7) is 6.48. The predicted octanol–water partition coefficient (Wildman–Crippen LogP) is 1.25. The normalized spacial score (nSPS) is 20.6. The van der Waals surface area contributed by atoms with E-state index in [9.17, 15) is 5.11 Å². The van der Waals surface area contributed by atoms with Crippen molar-refractivity contribution in [3.8, 4) is 0 Å². The molecule has 2 rings (SSSR count). The number of nitrogens with zero attached hydrogens (tertiary/aromatic N) is 2. The molecule has 0 bridgehead atoms. The first-order valence-corrected chi connectivity index (χ1v) is 7.99. The molecule has 4 nitrogen and oxygen atoms in total. The molecule has 0 aromatic heterocycles. The Bertz CT molecular complexity index is 417. The highest BCUT2D eigenvalue weighted by atomic mass is 16.3. The lowest BCUT2D eigenvalue weighted by Crippen LogP contribution is -2.50. The molecular weight excluding hydrogens is 262 g/mol. The zero-order valence-corrected chi connectivity index (χ0v) is 13.3. The van der Waals surface area contributed by atoms with Crippen LogP contribution in [-0.4, -0.2) is 60.7 Å². The maximum absolute atomic E-state index is 10.9. The van der Waals surface area contributed by atoms with Gasteiger partial charge in [0.1, 0.15) is 5.60 Å². The van der Waals surface area contributed by atoms with Crippen LogP contribution in [-0.2, 0) is 5.60 Å². The minimum Gasteiger partial charge on any atom is -0.382 e. The first kappa shape index (κ1) is 16.4. The Hall–Kier alpha value is -0.940. The molecule has 3 N–H and O–H groups in total. The van der Waals surface area contributed by atoms with Crippen LogP contribution in [0.1, 0.15) is 25.3 Å². The fraction of sp³-hybridized carbons (Fsp3) is 0.647. The second-order valence-corrected chi connectivity index (χ2v) is 6.18. The number of piperidine rings is 1. The quantitative estimate of drug-likeness (QED) is 0.828. The zero-order valence-electron chi connectivity index (χ0n) is 13.3. The number of likely N-dealkylation sites (tertiary alicyclic amines) is 1. The van der Waals surface area contributed by atoms with E-state index in [2.05, 4.69) is 23.8 Å². The number of rotatable bonds is 6. The van der Waals surface area contributed by atoms with Crippen LogP contribution < -0.4 is 5.73 Å². The van der Waals surface area contributed by atoms with Crippen LogP contribution in [0.25, 0.3) is 0 Å². The molecule has 0 radical (unpaired) electrons. The van der Waals surface area contributed by atoms with Crippen LogP contribution in [0.15, 0.2) is 30.3 Å². The van der Waals surface area contributed by atoms with E-state index in [-0.39, 0.29) is 6.54 Å². The molecular formula is C17H29N3O. The molecule has 118 valence electrons. The third-order valence-electron chi connectivity index (χ3n) is 4.79. The topological polar surface area (TPSA) is 52.7 Å². The highest BCUT2D eigenvalue weighted by Crippen LogP contribution is 2.24. The van der Waals surface area contributed by atoms with E-state index in [0.29, 0.717) is 12.6 Å². The predicted molar refractivity (Wildman–Crippen MR) is 87.2 cm³/mol. The van der Waals surface area contributed by atoms with Crippen molar-refractivity contribution in [3.05, 3.63) is 35.9 Å². The minimum atomic E-state index is -0.960. The summed E-state index contributed by atoms with van der Waals surface area (Å²) in [5.74, 6) is 0. The summed E-state index contributed by atoms with van der Waals surface area (Å²) >= 11 is 0. The molecule has 0 spiro atoms. The second kappa shape index (κ2) is 7.36. The third kappa shape index (κ3) is 4.04. The van der Waals surface area contributed by atoms with Gasteiger partial charge in [-0.2, -0.15) is 0 Å². The summed E-state index contributed by atoms with van der Waals surface area (Å²) in [4.78, 5) is 4.77. The van der Waals surface area contributed by atoms with E-state index >= 15 is 0 Å². The molecule has 1 aromatic carbocycles. The molecule has 0 amide bonds. The highest BCUT2D eigenvalue weighted by Gasteiger charge is 2.32. The van der Waals surface area contributed by atoms with Crippen molar-refractivity contribution >= 4 is 0 Å². The maximum Gasteiger partial charge on any atom is 0.114 e. The van der Waals surface area contributed by atoms with Gasteiger partial charge in [-0.3, -0.25) is 0 Å². The Morgan fingerprint density at radius 3 is 2.43 bits per heavy atom. The average Bonchev–Trinajstić information content (AvgIpc) is 2.55. The molecule has 1 aliphatic heterocycles. The summed E-state index contributed by atoms with van der Waals surface area (Å²) in [5, 5.41) is 10.9. The molecule has 1 atom stereocenters. The molecule has 1 aliphatic rings. The lowest BCUT2D eigenvalue weighted by molar-refractivity contribution is -0.00594. The van der Waals surface area contributed by atoms with Crippen LogP contribution in [0.2, 0.25) is 0 Å². The Labute approximate surface area is 128 Å². The summed E-state index contributed by atoms with van der Waals surface area (Å²) in [6.07, 6.45) is 2.33. The summed E-state index contributed by atoms with van der Waals surface area (Å²) < 4.78 is 0. The molecule has 1 unspecified atom stereocenters. The molecule has 21 heavy (non-hydrogen) atoms. The Balaban J connectivity index is 1.98. The second-order valence-electron chi connectivity index (χ2n) is 6.18. The van der Waals surface area contributed by atoms with Crippen molar-refractivity contribution in [1.29, 1.82) is 0 Å². The van der Waals surface area contributed by atoms with Gasteiger partial charge in [0.15, 0.2) is 0 Å². The fourth-order valence-electron chi connectivity index (χ4n) is 3.24. The Kier molecular flexibility index (Phi) is 5.76. The van der Waals surface area contributed by atoms with Crippen molar-refractivity contribution in [2.45, 2.75) is 31.4 Å². The van der Waals surface area contributed by atoms with Gasteiger partial charge < -0.3 is 20.6 Å². The van der Waals surface area contributed by atoms with Crippen molar-refractivity contribution in [2.75, 3.05) is 39.8 Å². The standard InChI is InChI=1S/C17H29N3O/c1-3-20-11-9-16(10-12-20)19(2)14-17(21,13-18)15-7-5-4-6-8-15/h4-8,16,21H,3,9-14,18H2,1-2H3. The van der Waals surface area contributed by atoms with Crippen LogP contribution in [0.5, 0.6) is 0 Å². The SMILES string of the molecule is CCN1CCC(N(C)CC(O)(CN)c2ccccc2)CC1. The third-order valence-corrected chi connectivity index (χ3v) is 4.79. The molecule has 1 heterocycles. The first-order valence-electron chi connectivity index (χ1n) is 7.99. The fourth-order valence-corrected chi connectivity index (χ4v) is 3.24. The van der Waals surface area contributed by atoms with Gasteiger partial charge in [-0.1, -0.05) is 37.3 Å². The van der Waals surface area contributed by atoms with E-state index in [0.717, 1.165) is 25.2 Å². The maximum atomic E-state index is 10.9. The lowest BCUT2D eigenvalue weighted by Gasteiger charge is -2.40. The highest BCUT2D eigenvalue weighted by molar-refractivity contribution is 5.23. The van der Waals surface area contributed by atoms with Gasteiger partial charge in [0.25, 0.3) is 0 Å². The number of nitrogens with two attached hydrogens (primary N) is 1. The van der Waals surface area contributed by atoms with Gasteiger partial charge in [0.2, 0.25) is 0 Å². The van der Waals surface area contributed by atoms with Gasteiger partial charge in [-0.25, -0.2) is 0 Å². The van der Waals surface area contributed by atoms with Gasteiger partial charge in [-0.15, -0.1) is 0 Å². The number of hydrogen-bond donors (Lipinski definition) is 2. The smallest absolute Gasteiger partial charge is 0.114 e. The number of benzene rings is 1. The number of hydrogen-bond acceptors (Lipinski definition) is 4. The minimum absolute atomic E-state index is 0.245. The van der Waals surface area contributed by atoms with E-state index < -0.39 is 5.60 Å². The zero-order chi connectivity index (χ0) is 15.3. The van der Waals surface area contributed by atoms with Gasteiger partial charge in [0.05, 0.1) is 0 Å². The van der Waals surface area contributed by atoms with Crippen LogP contribution in [0.3, 0.4) is 0 Å². The van der Waals surface area contributed by atoms with Gasteiger partial charge in [-0.05, 0) is 45.1 Å². The van der Waals surface area contributed by atoms with Gasteiger partial charge >= 0.3 is 0 Å². The molecule has 4 heteroatoms. The average molecular weight is 291 g/mol. The van der Waals surface area contributed by atoms with Crippen LogP contribution >= 0.6 is 0 Å². The van der Waals surface area contributed by atoms with Crippen molar-refractivity contribution in [1.82, 2.24) is 9.80 Å². The Morgan fingerprint density at radius 1 is 1.29 bits per heavy atom. The van der Waals surface area contributed by atoms with E-state index in [4.69, 9.17) is 5.73 Å². The van der Waals surface area contributed by atoms with Crippen molar-refractivity contribution in [3.63, 3.8) is 0 Å². The number of aliphatic hydroxyl groups is 1. The van der Waals surface area contributed by atoms with Gasteiger partial charge in [0, 0.05) is 19.1 Å². The molecule has 1 fully saturated rings. The molecule has 0 aliphatic carbocycles. The summed E-state index contributed by atoms with van der Waals surface area (Å²) in [6, 6.07) is 10.3. The molecule has 1 saturated heterocycles. The van der Waals surface area contributed by atoms with Crippen molar-refractivity contribution < 1.29 is 5.11 Å². The molecule has 0 saturated carbocycles. The van der Waals surface area contributed by atoms with Crippen molar-refractivity contribution in [2.24, 2.45) is 5.73 Å². The molecule has 1 aromatic rings. The largest absolute Gasteiger partial charge is 0.382 e.